The lowest BCUT2D eigenvalue weighted by Crippen LogP contribution is -2.48. The summed E-state index contributed by atoms with van der Waals surface area (Å²) in [7, 11) is 0. The molecule has 3 atom stereocenters. The number of carbonyl (C=O) groups is 2. The summed E-state index contributed by atoms with van der Waals surface area (Å²) in [6.07, 6.45) is 0.835. The fourth-order valence-electron chi connectivity index (χ4n) is 4.54. The lowest BCUT2D eigenvalue weighted by Gasteiger charge is -2.35. The zero-order valence-corrected chi connectivity index (χ0v) is 21.1. The van der Waals surface area contributed by atoms with Crippen molar-refractivity contribution >= 4 is 23.2 Å². The van der Waals surface area contributed by atoms with Crippen LogP contribution in [0.1, 0.15) is 40.2 Å². The minimum Gasteiger partial charge on any atom is -0.373 e. The Morgan fingerprint density at radius 1 is 0.971 bits per heavy atom. The molecule has 0 radical (unpaired) electrons. The normalized spacial score (nSPS) is 19.1. The van der Waals surface area contributed by atoms with Crippen LogP contribution >= 0.6 is 11.3 Å². The predicted molar refractivity (Wildman–Crippen MR) is 139 cm³/mol. The average molecular weight is 492 g/mol. The highest BCUT2D eigenvalue weighted by atomic mass is 32.1. The Labute approximate surface area is 211 Å². The second kappa shape index (κ2) is 12.1. The summed E-state index contributed by atoms with van der Waals surface area (Å²) >= 11 is 1.36. The number of hydrogen-bond acceptors (Lipinski definition) is 5. The van der Waals surface area contributed by atoms with Crippen molar-refractivity contribution in [3.8, 4) is 0 Å². The van der Waals surface area contributed by atoms with Crippen molar-refractivity contribution < 1.29 is 14.3 Å². The molecule has 1 aliphatic rings. The second-order valence-corrected chi connectivity index (χ2v) is 10.1. The topological polar surface area (TPSA) is 70.7 Å². The van der Waals surface area contributed by atoms with Crippen molar-refractivity contribution in [3.05, 3.63) is 93.7 Å². The maximum atomic E-state index is 13.3. The molecule has 2 N–H and O–H groups in total. The number of morpholine rings is 1. The van der Waals surface area contributed by atoms with Gasteiger partial charge in [0, 0.05) is 32.6 Å². The van der Waals surface area contributed by atoms with Crippen LogP contribution < -0.4 is 10.6 Å². The van der Waals surface area contributed by atoms with Crippen LogP contribution in [0.3, 0.4) is 0 Å². The van der Waals surface area contributed by atoms with E-state index in [1.807, 2.05) is 53.9 Å². The third-order valence-electron chi connectivity index (χ3n) is 6.11. The monoisotopic (exact) mass is 491 g/mol. The number of thiophene rings is 1. The quantitative estimate of drug-likeness (QED) is 0.475. The number of benzene rings is 2. The molecule has 4 rings (SSSR count). The first-order valence-corrected chi connectivity index (χ1v) is 13.0. The standard InChI is InChI=1S/C28H33N3O3S/c1-20-17-31(18-21(2)34-20)19-24-12-7-6-11-23(24)16-29-27(32)25(15-22-9-4-3-5-10-22)30-28(33)26-13-8-14-35-26/h3-14,20-21,25H,15-19H2,1-2H3,(H,29,32)(H,30,33). The number of ether oxygens (including phenoxy) is 1. The Bertz CT molecular complexity index is 1090. The van der Waals surface area contributed by atoms with Crippen molar-refractivity contribution in [2.75, 3.05) is 13.1 Å². The largest absolute Gasteiger partial charge is 0.373 e. The lowest BCUT2D eigenvalue weighted by atomic mass is 10.0. The number of amides is 2. The van der Waals surface area contributed by atoms with Gasteiger partial charge in [-0.25, -0.2) is 0 Å². The summed E-state index contributed by atoms with van der Waals surface area (Å²) in [5.41, 5.74) is 3.27. The van der Waals surface area contributed by atoms with E-state index in [4.69, 9.17) is 4.74 Å². The summed E-state index contributed by atoms with van der Waals surface area (Å²) in [5, 5.41) is 7.86. The van der Waals surface area contributed by atoms with E-state index in [2.05, 4.69) is 41.5 Å². The third kappa shape index (κ3) is 7.24. The zero-order valence-electron chi connectivity index (χ0n) is 20.3. The van der Waals surface area contributed by atoms with Gasteiger partial charge in [-0.1, -0.05) is 60.7 Å². The molecule has 0 spiro atoms. The van der Waals surface area contributed by atoms with E-state index in [1.54, 1.807) is 6.07 Å². The number of nitrogens with zero attached hydrogens (tertiary/aromatic N) is 1. The van der Waals surface area contributed by atoms with E-state index in [0.29, 0.717) is 17.8 Å². The van der Waals surface area contributed by atoms with E-state index in [1.165, 1.54) is 16.9 Å². The van der Waals surface area contributed by atoms with Gasteiger partial charge in [-0.2, -0.15) is 0 Å². The summed E-state index contributed by atoms with van der Waals surface area (Å²) in [4.78, 5) is 29.0. The fourth-order valence-corrected chi connectivity index (χ4v) is 5.17. The molecule has 0 bridgehead atoms. The highest BCUT2D eigenvalue weighted by Crippen LogP contribution is 2.17. The molecule has 0 aliphatic carbocycles. The summed E-state index contributed by atoms with van der Waals surface area (Å²) in [6.45, 7) is 7.20. The van der Waals surface area contributed by atoms with Gasteiger partial charge < -0.3 is 15.4 Å². The minimum absolute atomic E-state index is 0.192. The SMILES string of the molecule is CC1CN(Cc2ccccc2CNC(=O)C(Cc2ccccc2)NC(=O)c2cccs2)CC(C)O1. The van der Waals surface area contributed by atoms with E-state index < -0.39 is 6.04 Å². The molecule has 2 amide bonds. The van der Waals surface area contributed by atoms with Crippen molar-refractivity contribution in [2.45, 2.75) is 51.6 Å². The van der Waals surface area contributed by atoms with Gasteiger partial charge in [-0.05, 0) is 42.0 Å². The summed E-state index contributed by atoms with van der Waals surface area (Å²) in [6, 6.07) is 20.9. The maximum absolute atomic E-state index is 13.3. The van der Waals surface area contributed by atoms with Crippen LogP contribution in [0, 0.1) is 0 Å². The summed E-state index contributed by atoms with van der Waals surface area (Å²) in [5.74, 6) is -0.422. The smallest absolute Gasteiger partial charge is 0.262 e. The van der Waals surface area contributed by atoms with Crippen LogP contribution in [-0.4, -0.2) is 48.1 Å². The Morgan fingerprint density at radius 3 is 2.34 bits per heavy atom. The molecule has 3 aromatic rings. The van der Waals surface area contributed by atoms with E-state index >= 15 is 0 Å². The Balaban J connectivity index is 1.43. The third-order valence-corrected chi connectivity index (χ3v) is 6.98. The van der Waals surface area contributed by atoms with Gasteiger partial charge in [-0.15, -0.1) is 11.3 Å². The number of nitrogens with one attached hydrogen (secondary N) is 2. The van der Waals surface area contributed by atoms with E-state index in [9.17, 15) is 9.59 Å². The van der Waals surface area contributed by atoms with Gasteiger partial charge in [0.05, 0.1) is 17.1 Å². The Kier molecular flexibility index (Phi) is 8.69. The lowest BCUT2D eigenvalue weighted by molar-refractivity contribution is -0.123. The number of rotatable bonds is 9. The molecule has 6 nitrogen and oxygen atoms in total. The molecule has 3 unspecified atom stereocenters. The van der Waals surface area contributed by atoms with Gasteiger partial charge in [0.25, 0.3) is 5.91 Å². The fraction of sp³-hybridized carbons (Fsp3) is 0.357. The Hall–Kier alpha value is -3.00. The number of carbonyl (C=O) groups excluding carboxylic acids is 2. The highest BCUT2D eigenvalue weighted by molar-refractivity contribution is 7.12. The van der Waals surface area contributed by atoms with Crippen LogP contribution in [0.2, 0.25) is 0 Å². The van der Waals surface area contributed by atoms with Crippen LogP contribution in [0.5, 0.6) is 0 Å². The molecular weight excluding hydrogens is 458 g/mol. The maximum Gasteiger partial charge on any atom is 0.262 e. The van der Waals surface area contributed by atoms with Crippen LogP contribution in [0.4, 0.5) is 0 Å². The minimum atomic E-state index is -0.667. The van der Waals surface area contributed by atoms with Gasteiger partial charge in [0.15, 0.2) is 0 Å². The van der Waals surface area contributed by atoms with Crippen LogP contribution in [0.25, 0.3) is 0 Å². The van der Waals surface area contributed by atoms with Gasteiger partial charge in [-0.3, -0.25) is 14.5 Å². The van der Waals surface area contributed by atoms with Crippen LogP contribution in [-0.2, 0) is 29.0 Å². The van der Waals surface area contributed by atoms with Crippen LogP contribution in [0.15, 0.2) is 72.1 Å². The van der Waals surface area contributed by atoms with Gasteiger partial charge in [0.2, 0.25) is 5.91 Å². The molecule has 35 heavy (non-hydrogen) atoms. The van der Waals surface area contributed by atoms with Gasteiger partial charge in [0.1, 0.15) is 6.04 Å². The molecular formula is C28H33N3O3S. The molecule has 1 aliphatic heterocycles. The first-order valence-electron chi connectivity index (χ1n) is 12.1. The van der Waals surface area contributed by atoms with Crippen molar-refractivity contribution in [2.24, 2.45) is 0 Å². The molecule has 2 heterocycles. The molecule has 1 aromatic heterocycles. The first kappa shape index (κ1) is 25.1. The molecule has 184 valence electrons. The van der Waals surface area contributed by atoms with Crippen molar-refractivity contribution in [1.82, 2.24) is 15.5 Å². The zero-order chi connectivity index (χ0) is 24.6. The Morgan fingerprint density at radius 2 is 1.66 bits per heavy atom. The van der Waals surface area contributed by atoms with E-state index in [-0.39, 0.29) is 24.0 Å². The first-order chi connectivity index (χ1) is 17.0. The predicted octanol–water partition coefficient (Wildman–Crippen LogP) is 4.01. The summed E-state index contributed by atoms with van der Waals surface area (Å²) < 4.78 is 5.86. The number of hydrogen-bond donors (Lipinski definition) is 2. The van der Waals surface area contributed by atoms with E-state index in [0.717, 1.165) is 30.8 Å². The van der Waals surface area contributed by atoms with Crippen molar-refractivity contribution in [1.29, 1.82) is 0 Å². The van der Waals surface area contributed by atoms with Crippen molar-refractivity contribution in [3.63, 3.8) is 0 Å². The molecule has 2 aromatic carbocycles. The average Bonchev–Trinajstić information content (AvgIpc) is 3.38. The molecule has 1 fully saturated rings. The molecule has 0 saturated carbocycles. The second-order valence-electron chi connectivity index (χ2n) is 9.13. The molecule has 1 saturated heterocycles. The molecule has 7 heteroatoms. The van der Waals surface area contributed by atoms with Gasteiger partial charge >= 0.3 is 0 Å². The highest BCUT2D eigenvalue weighted by Gasteiger charge is 2.24.